The predicted octanol–water partition coefficient (Wildman–Crippen LogP) is 4.27. The molecule has 1 atom stereocenters. The highest BCUT2D eigenvalue weighted by atomic mass is 79.9. The van der Waals surface area contributed by atoms with E-state index in [9.17, 15) is 9.59 Å². The van der Waals surface area contributed by atoms with Crippen LogP contribution in [0.15, 0.2) is 101 Å². The minimum Gasteiger partial charge on any atom is -0.484 e. The molecule has 0 bridgehead atoms. The van der Waals surface area contributed by atoms with Crippen LogP contribution in [0.5, 0.6) is 11.5 Å². The molecule has 0 aliphatic carbocycles. The fourth-order valence-corrected chi connectivity index (χ4v) is 3.98. The maximum absolute atomic E-state index is 13.2. The zero-order chi connectivity index (χ0) is 23.5. The Morgan fingerprint density at radius 1 is 1.09 bits per heavy atom. The van der Waals surface area contributed by atoms with Gasteiger partial charge in [0.2, 0.25) is 0 Å². The minimum absolute atomic E-state index is 0.0930. The van der Waals surface area contributed by atoms with Gasteiger partial charge in [0, 0.05) is 22.6 Å². The van der Waals surface area contributed by atoms with E-state index in [1.54, 1.807) is 41.6 Å². The van der Waals surface area contributed by atoms with Gasteiger partial charge in [-0.25, -0.2) is 4.98 Å². The first-order chi connectivity index (χ1) is 16.6. The second kappa shape index (κ2) is 9.52. The number of aromatic nitrogens is 1. The molecule has 170 valence electrons. The van der Waals surface area contributed by atoms with Gasteiger partial charge in [0.1, 0.15) is 23.4 Å². The van der Waals surface area contributed by atoms with E-state index in [2.05, 4.69) is 26.2 Å². The summed E-state index contributed by atoms with van der Waals surface area (Å²) in [4.78, 5) is 31.9. The first-order valence-corrected chi connectivity index (χ1v) is 11.5. The van der Waals surface area contributed by atoms with Gasteiger partial charge in [-0.3, -0.25) is 9.59 Å². The standard InChI is InChI=1S/C26H20BrN3O4/c27-17-10-11-24(28-13-17)30-15-21-23(34-22-9-5-4-8-20(22)26(21)32)12-18(30)14-29-25(31)16-33-19-6-2-1-3-7-19/h1-13,15,23H,14,16H2,(H,29,31). The van der Waals surface area contributed by atoms with Crippen LogP contribution in [-0.2, 0) is 4.79 Å². The van der Waals surface area contributed by atoms with Gasteiger partial charge in [-0.2, -0.15) is 0 Å². The highest BCUT2D eigenvalue weighted by Crippen LogP contribution is 2.35. The average molecular weight is 518 g/mol. The van der Waals surface area contributed by atoms with Crippen LogP contribution in [0.25, 0.3) is 0 Å². The summed E-state index contributed by atoms with van der Waals surface area (Å²) < 4.78 is 12.5. The van der Waals surface area contributed by atoms with Crippen molar-refractivity contribution in [1.29, 1.82) is 0 Å². The van der Waals surface area contributed by atoms with Gasteiger partial charge >= 0.3 is 0 Å². The van der Waals surface area contributed by atoms with Crippen molar-refractivity contribution in [2.45, 2.75) is 6.10 Å². The van der Waals surface area contributed by atoms with Crippen LogP contribution in [0.3, 0.4) is 0 Å². The molecule has 0 spiro atoms. The second-order valence-electron chi connectivity index (χ2n) is 7.69. The van der Waals surface area contributed by atoms with Crippen molar-refractivity contribution in [1.82, 2.24) is 10.3 Å². The monoisotopic (exact) mass is 517 g/mol. The summed E-state index contributed by atoms with van der Waals surface area (Å²) in [6.45, 7) is 0.0922. The minimum atomic E-state index is -0.554. The van der Waals surface area contributed by atoms with Crippen molar-refractivity contribution >= 4 is 33.4 Å². The molecule has 8 heteroatoms. The van der Waals surface area contributed by atoms with Crippen LogP contribution >= 0.6 is 15.9 Å². The van der Waals surface area contributed by atoms with E-state index in [-0.39, 0.29) is 24.8 Å². The van der Waals surface area contributed by atoms with Gasteiger partial charge in [0.25, 0.3) is 5.91 Å². The Morgan fingerprint density at radius 3 is 2.68 bits per heavy atom. The number of nitrogens with one attached hydrogen (secondary N) is 1. The number of ketones is 1. The van der Waals surface area contributed by atoms with Gasteiger partial charge in [-0.1, -0.05) is 30.3 Å². The van der Waals surface area contributed by atoms with Crippen molar-refractivity contribution in [2.75, 3.05) is 18.1 Å². The Kier molecular flexibility index (Phi) is 6.14. The van der Waals surface area contributed by atoms with E-state index < -0.39 is 6.10 Å². The lowest BCUT2D eigenvalue weighted by Crippen LogP contribution is -2.40. The van der Waals surface area contributed by atoms with E-state index in [4.69, 9.17) is 9.47 Å². The molecule has 0 fully saturated rings. The van der Waals surface area contributed by atoms with E-state index in [1.165, 1.54) is 0 Å². The van der Waals surface area contributed by atoms with Gasteiger partial charge in [0.15, 0.2) is 12.4 Å². The Bertz CT molecular complexity index is 1290. The predicted molar refractivity (Wildman–Crippen MR) is 131 cm³/mol. The van der Waals surface area contributed by atoms with Crippen LogP contribution in [0, 0.1) is 0 Å². The molecule has 2 aliphatic rings. The number of carbonyl (C=O) groups is 2. The number of amides is 1. The lowest BCUT2D eigenvalue weighted by molar-refractivity contribution is -0.122. The van der Waals surface area contributed by atoms with Crippen LogP contribution < -0.4 is 19.7 Å². The molecule has 3 heterocycles. The fraction of sp³-hybridized carbons (Fsp3) is 0.115. The highest BCUT2D eigenvalue weighted by Gasteiger charge is 2.35. The van der Waals surface area contributed by atoms with Crippen molar-refractivity contribution < 1.29 is 19.1 Å². The van der Waals surface area contributed by atoms with Gasteiger partial charge < -0.3 is 19.7 Å². The van der Waals surface area contributed by atoms with Crippen molar-refractivity contribution in [3.05, 3.63) is 107 Å². The first-order valence-electron chi connectivity index (χ1n) is 10.7. The molecular formula is C26H20BrN3O4. The van der Waals surface area contributed by atoms with E-state index in [1.807, 2.05) is 48.5 Å². The summed E-state index contributed by atoms with van der Waals surface area (Å²) >= 11 is 3.40. The largest absolute Gasteiger partial charge is 0.484 e. The summed E-state index contributed by atoms with van der Waals surface area (Å²) in [5.41, 5.74) is 1.76. The lowest BCUT2D eigenvalue weighted by Gasteiger charge is -2.34. The number of Topliss-reactive ketones (excluding diaryl/α,β-unsaturated/α-hetero) is 1. The number of anilines is 1. The number of ether oxygens (including phenoxy) is 2. The summed E-state index contributed by atoms with van der Waals surface area (Å²) in [5, 5.41) is 2.88. The SMILES string of the molecule is O=C(COc1ccccc1)NCC1=CC2Oc3ccccc3C(=O)C2=CN1c1ccc(Br)cn1. The molecule has 2 aromatic carbocycles. The zero-order valence-corrected chi connectivity index (χ0v) is 19.6. The first kappa shape index (κ1) is 21.9. The van der Waals surface area contributed by atoms with Crippen LogP contribution in [-0.4, -0.2) is 35.9 Å². The zero-order valence-electron chi connectivity index (χ0n) is 18.0. The average Bonchev–Trinajstić information content (AvgIpc) is 2.87. The molecule has 1 aromatic heterocycles. The molecule has 0 saturated heterocycles. The van der Waals surface area contributed by atoms with Crippen LogP contribution in [0.4, 0.5) is 5.82 Å². The number of carbonyl (C=O) groups excluding carboxylic acids is 2. The third kappa shape index (κ3) is 4.58. The number of pyridine rings is 1. The number of benzene rings is 2. The molecule has 7 nitrogen and oxygen atoms in total. The number of halogens is 1. The maximum atomic E-state index is 13.2. The number of para-hydroxylation sites is 2. The Morgan fingerprint density at radius 2 is 1.88 bits per heavy atom. The summed E-state index contributed by atoms with van der Waals surface area (Å²) in [6.07, 6.45) is 4.70. The summed E-state index contributed by atoms with van der Waals surface area (Å²) in [5.74, 6) is 1.41. The third-order valence-corrected chi connectivity index (χ3v) is 5.88. The molecule has 3 aromatic rings. The molecule has 5 rings (SSSR count). The van der Waals surface area contributed by atoms with Gasteiger partial charge in [0.05, 0.1) is 17.7 Å². The molecule has 34 heavy (non-hydrogen) atoms. The molecular weight excluding hydrogens is 498 g/mol. The molecule has 1 amide bonds. The summed E-state index contributed by atoms with van der Waals surface area (Å²) in [6, 6.07) is 20.0. The third-order valence-electron chi connectivity index (χ3n) is 5.41. The molecule has 2 aliphatic heterocycles. The summed E-state index contributed by atoms with van der Waals surface area (Å²) in [7, 11) is 0. The smallest absolute Gasteiger partial charge is 0.258 e. The van der Waals surface area contributed by atoms with Crippen molar-refractivity contribution in [3.8, 4) is 11.5 Å². The molecule has 1 N–H and O–H groups in total. The molecule has 1 unspecified atom stereocenters. The number of rotatable bonds is 6. The van der Waals surface area contributed by atoms with Crippen LogP contribution in [0.2, 0.25) is 0 Å². The number of nitrogens with zero attached hydrogens (tertiary/aromatic N) is 2. The van der Waals surface area contributed by atoms with E-state index >= 15 is 0 Å². The lowest BCUT2D eigenvalue weighted by atomic mass is 9.93. The van der Waals surface area contributed by atoms with Crippen molar-refractivity contribution in [3.63, 3.8) is 0 Å². The number of hydrogen-bond donors (Lipinski definition) is 1. The highest BCUT2D eigenvalue weighted by molar-refractivity contribution is 9.10. The molecule has 0 radical (unpaired) electrons. The number of hydrogen-bond acceptors (Lipinski definition) is 6. The Hall–Kier alpha value is -3.91. The topological polar surface area (TPSA) is 80.8 Å². The van der Waals surface area contributed by atoms with E-state index in [0.29, 0.717) is 28.5 Å². The van der Waals surface area contributed by atoms with E-state index in [0.717, 1.165) is 10.2 Å². The van der Waals surface area contributed by atoms with Crippen LogP contribution in [0.1, 0.15) is 10.4 Å². The normalized spacial score (nSPS) is 16.4. The Labute approximate surface area is 204 Å². The fourth-order valence-electron chi connectivity index (χ4n) is 3.75. The second-order valence-corrected chi connectivity index (χ2v) is 8.60. The van der Waals surface area contributed by atoms with Gasteiger partial charge in [-0.05, 0) is 58.4 Å². The van der Waals surface area contributed by atoms with Gasteiger partial charge in [-0.15, -0.1) is 0 Å². The molecule has 0 saturated carbocycles. The quantitative estimate of drug-likeness (QED) is 0.525. The maximum Gasteiger partial charge on any atom is 0.258 e. The number of fused-ring (bicyclic) bond motifs is 2. The van der Waals surface area contributed by atoms with Crippen molar-refractivity contribution in [2.24, 2.45) is 0 Å². The Balaban J connectivity index is 1.37.